The zero-order valence-electron chi connectivity index (χ0n) is 14.6. The van der Waals surface area contributed by atoms with Gasteiger partial charge in [-0.15, -0.1) is 0 Å². The van der Waals surface area contributed by atoms with E-state index in [-0.39, 0.29) is 11.3 Å². The molecular weight excluding hydrogens is 292 g/mol. The lowest BCUT2D eigenvalue weighted by Crippen LogP contribution is -2.43. The summed E-state index contributed by atoms with van der Waals surface area (Å²) in [4.78, 5) is 22.7. The largest absolute Gasteiger partial charge is 0.478 e. The Balaban J connectivity index is 1.93. The zero-order valence-corrected chi connectivity index (χ0v) is 14.6. The topological polar surface area (TPSA) is 67.3 Å². The van der Waals surface area contributed by atoms with Crippen molar-refractivity contribution >= 4 is 11.7 Å². The van der Waals surface area contributed by atoms with Gasteiger partial charge in [-0.05, 0) is 25.7 Å². The van der Waals surface area contributed by atoms with Gasteiger partial charge in [-0.25, -0.2) is 9.97 Å². The maximum atomic E-state index is 12.0. The predicted molar refractivity (Wildman–Crippen MR) is 90.6 cm³/mol. The summed E-state index contributed by atoms with van der Waals surface area (Å²) < 4.78 is 5.45. The minimum atomic E-state index is -0.340. The summed E-state index contributed by atoms with van der Waals surface area (Å²) in [6.45, 7) is 10.9. The van der Waals surface area contributed by atoms with Crippen molar-refractivity contribution < 1.29 is 9.53 Å². The van der Waals surface area contributed by atoms with Crippen LogP contribution in [0.1, 0.15) is 40.5 Å². The van der Waals surface area contributed by atoms with Gasteiger partial charge in [0.2, 0.25) is 11.8 Å². The Morgan fingerprint density at radius 1 is 1.43 bits per heavy atom. The number of amides is 1. The first-order valence-corrected chi connectivity index (χ1v) is 8.38. The highest BCUT2D eigenvalue weighted by molar-refractivity contribution is 5.81. The smallest absolute Gasteiger partial charge is 0.225 e. The van der Waals surface area contributed by atoms with Crippen molar-refractivity contribution in [3.63, 3.8) is 0 Å². The van der Waals surface area contributed by atoms with Gasteiger partial charge in [-0.1, -0.05) is 20.8 Å². The molecule has 23 heavy (non-hydrogen) atoms. The number of hydrogen-bond donors (Lipinski definition) is 1. The Morgan fingerprint density at radius 3 is 2.91 bits per heavy atom. The molecule has 1 aliphatic heterocycles. The van der Waals surface area contributed by atoms with Crippen LogP contribution in [0.5, 0.6) is 5.88 Å². The minimum Gasteiger partial charge on any atom is -0.478 e. The first-order chi connectivity index (χ1) is 10.9. The summed E-state index contributed by atoms with van der Waals surface area (Å²) in [7, 11) is 0. The van der Waals surface area contributed by atoms with Gasteiger partial charge in [0.15, 0.2) is 0 Å². The number of hydrogen-bond acceptors (Lipinski definition) is 5. The molecule has 0 bridgehead atoms. The molecule has 0 unspecified atom stereocenters. The molecule has 6 nitrogen and oxygen atoms in total. The molecule has 2 heterocycles. The average Bonchev–Trinajstić information content (AvgIpc) is 2.52. The van der Waals surface area contributed by atoms with E-state index in [1.807, 2.05) is 33.8 Å². The number of nitrogens with zero attached hydrogens (tertiary/aromatic N) is 3. The Labute approximate surface area is 138 Å². The molecule has 0 spiro atoms. The first kappa shape index (κ1) is 17.5. The summed E-state index contributed by atoms with van der Waals surface area (Å²) in [5.74, 6) is 2.06. The second kappa shape index (κ2) is 7.62. The number of anilines is 1. The zero-order chi connectivity index (χ0) is 16.9. The van der Waals surface area contributed by atoms with E-state index in [2.05, 4.69) is 20.2 Å². The van der Waals surface area contributed by atoms with Gasteiger partial charge in [0, 0.05) is 31.1 Å². The molecule has 1 aliphatic rings. The number of ether oxygens (including phenoxy) is 1. The van der Waals surface area contributed by atoms with Crippen molar-refractivity contribution in [1.82, 2.24) is 15.3 Å². The fourth-order valence-electron chi connectivity index (χ4n) is 2.67. The molecule has 0 aromatic carbocycles. The third-order valence-electron chi connectivity index (χ3n) is 4.00. The van der Waals surface area contributed by atoms with Crippen LogP contribution in [0.25, 0.3) is 0 Å². The summed E-state index contributed by atoms with van der Waals surface area (Å²) in [5, 5.41) is 3.07. The molecule has 0 saturated carbocycles. The molecule has 1 N–H and O–H groups in total. The van der Waals surface area contributed by atoms with Gasteiger partial charge in [-0.3, -0.25) is 4.79 Å². The maximum Gasteiger partial charge on any atom is 0.225 e. The van der Waals surface area contributed by atoms with Crippen LogP contribution in [0.2, 0.25) is 0 Å². The van der Waals surface area contributed by atoms with Crippen molar-refractivity contribution in [3.05, 3.63) is 12.4 Å². The molecule has 2 rings (SSSR count). The van der Waals surface area contributed by atoms with Crippen LogP contribution in [-0.2, 0) is 4.79 Å². The lowest BCUT2D eigenvalue weighted by molar-refractivity contribution is -0.128. The molecule has 1 atom stereocenters. The molecular formula is C17H28N4O2. The van der Waals surface area contributed by atoms with E-state index >= 15 is 0 Å². The van der Waals surface area contributed by atoms with Gasteiger partial charge in [-0.2, -0.15) is 0 Å². The van der Waals surface area contributed by atoms with Gasteiger partial charge in [0.05, 0.1) is 6.61 Å². The van der Waals surface area contributed by atoms with Crippen LogP contribution >= 0.6 is 0 Å². The Hall–Kier alpha value is -1.85. The molecule has 1 aromatic heterocycles. The molecule has 0 aliphatic carbocycles. The van der Waals surface area contributed by atoms with Crippen LogP contribution < -0.4 is 15.0 Å². The van der Waals surface area contributed by atoms with Gasteiger partial charge in [0.1, 0.15) is 12.1 Å². The highest BCUT2D eigenvalue weighted by Crippen LogP contribution is 2.23. The molecule has 6 heteroatoms. The second-order valence-corrected chi connectivity index (χ2v) is 7.06. The molecule has 1 saturated heterocycles. The monoisotopic (exact) mass is 320 g/mol. The van der Waals surface area contributed by atoms with Crippen LogP contribution in [0.3, 0.4) is 0 Å². The van der Waals surface area contributed by atoms with E-state index in [0.717, 1.165) is 38.3 Å². The maximum absolute atomic E-state index is 12.0. The molecule has 1 aromatic rings. The van der Waals surface area contributed by atoms with Gasteiger partial charge in [0.25, 0.3) is 0 Å². The van der Waals surface area contributed by atoms with Gasteiger partial charge < -0.3 is 15.0 Å². The van der Waals surface area contributed by atoms with E-state index in [1.165, 1.54) is 0 Å². The molecule has 1 amide bonds. The summed E-state index contributed by atoms with van der Waals surface area (Å²) in [5.41, 5.74) is -0.340. The predicted octanol–water partition coefficient (Wildman–Crippen LogP) is 2.25. The SMILES string of the molecule is CCOc1cc(N2CCC[C@H](CNC(=O)C(C)(C)C)C2)ncn1. The summed E-state index contributed by atoms with van der Waals surface area (Å²) >= 11 is 0. The third-order valence-corrected chi connectivity index (χ3v) is 4.00. The number of carbonyl (C=O) groups is 1. The Morgan fingerprint density at radius 2 is 2.22 bits per heavy atom. The lowest BCUT2D eigenvalue weighted by Gasteiger charge is -2.34. The minimum absolute atomic E-state index is 0.107. The van der Waals surface area contributed by atoms with Crippen LogP contribution in [0.4, 0.5) is 5.82 Å². The van der Waals surface area contributed by atoms with Crippen LogP contribution in [0, 0.1) is 11.3 Å². The van der Waals surface area contributed by atoms with E-state index in [4.69, 9.17) is 4.74 Å². The van der Waals surface area contributed by atoms with Crippen LogP contribution in [0.15, 0.2) is 12.4 Å². The third kappa shape index (κ3) is 5.08. The number of aromatic nitrogens is 2. The Bertz CT molecular complexity index is 528. The lowest BCUT2D eigenvalue weighted by atomic mass is 9.94. The van der Waals surface area contributed by atoms with Crippen molar-refractivity contribution in [3.8, 4) is 5.88 Å². The van der Waals surface area contributed by atoms with E-state index in [0.29, 0.717) is 18.4 Å². The standard InChI is InChI=1S/C17H28N4O2/c1-5-23-15-9-14(19-12-20-15)21-8-6-7-13(11-21)10-18-16(22)17(2,3)4/h9,12-13H,5-8,10-11H2,1-4H3,(H,18,22)/t13-/m1/s1. The van der Waals surface area contributed by atoms with Gasteiger partial charge >= 0.3 is 0 Å². The first-order valence-electron chi connectivity index (χ1n) is 8.38. The van der Waals surface area contributed by atoms with Crippen molar-refractivity contribution in [1.29, 1.82) is 0 Å². The number of rotatable bonds is 5. The summed E-state index contributed by atoms with van der Waals surface area (Å²) in [6, 6.07) is 1.89. The van der Waals surface area contributed by atoms with Crippen molar-refractivity contribution in [2.75, 3.05) is 31.1 Å². The second-order valence-electron chi connectivity index (χ2n) is 7.06. The number of carbonyl (C=O) groups excluding carboxylic acids is 1. The molecule has 128 valence electrons. The van der Waals surface area contributed by atoms with E-state index in [9.17, 15) is 4.79 Å². The fraction of sp³-hybridized carbons (Fsp3) is 0.706. The van der Waals surface area contributed by atoms with Crippen molar-refractivity contribution in [2.45, 2.75) is 40.5 Å². The fourth-order valence-corrected chi connectivity index (χ4v) is 2.67. The average molecular weight is 320 g/mol. The highest BCUT2D eigenvalue weighted by atomic mass is 16.5. The van der Waals surface area contributed by atoms with Crippen LogP contribution in [-0.4, -0.2) is 42.1 Å². The van der Waals surface area contributed by atoms with E-state index in [1.54, 1.807) is 6.33 Å². The number of nitrogens with one attached hydrogen (secondary N) is 1. The Kier molecular flexibility index (Phi) is 5.80. The van der Waals surface area contributed by atoms with E-state index < -0.39 is 0 Å². The molecule has 1 fully saturated rings. The summed E-state index contributed by atoms with van der Waals surface area (Å²) in [6.07, 6.45) is 3.78. The molecule has 0 radical (unpaired) electrons. The quantitative estimate of drug-likeness (QED) is 0.901. The highest BCUT2D eigenvalue weighted by Gasteiger charge is 2.25. The van der Waals surface area contributed by atoms with Crippen molar-refractivity contribution in [2.24, 2.45) is 11.3 Å². The number of piperidine rings is 1. The normalized spacial score (nSPS) is 18.6.